The molecular formula is C17H26N2O2. The Morgan fingerprint density at radius 1 is 1.24 bits per heavy atom. The number of nitrogens with one attached hydrogen (secondary N) is 2. The number of rotatable bonds is 7. The molecule has 1 aliphatic heterocycles. The predicted octanol–water partition coefficient (Wildman–Crippen LogP) is 2.23. The second kappa shape index (κ2) is 8.80. The molecule has 1 heterocycles. The molecule has 4 heteroatoms. The van der Waals surface area contributed by atoms with Crippen molar-refractivity contribution in [2.75, 3.05) is 20.2 Å². The van der Waals surface area contributed by atoms with Gasteiger partial charge >= 0.3 is 0 Å². The van der Waals surface area contributed by atoms with Crippen molar-refractivity contribution in [3.63, 3.8) is 0 Å². The monoisotopic (exact) mass is 290 g/mol. The summed E-state index contributed by atoms with van der Waals surface area (Å²) in [6.07, 6.45) is 4.06. The van der Waals surface area contributed by atoms with Crippen LogP contribution in [0.15, 0.2) is 24.3 Å². The Balaban J connectivity index is 1.65. The normalized spacial score (nSPS) is 15.9. The second-order valence-corrected chi connectivity index (χ2v) is 5.76. The van der Waals surface area contributed by atoms with Crippen molar-refractivity contribution in [3.05, 3.63) is 35.4 Å². The topological polar surface area (TPSA) is 50.4 Å². The molecule has 21 heavy (non-hydrogen) atoms. The van der Waals surface area contributed by atoms with E-state index in [4.69, 9.17) is 4.74 Å². The zero-order chi connectivity index (χ0) is 14.9. The number of carbonyl (C=O) groups excluding carboxylic acids is 1. The van der Waals surface area contributed by atoms with Crippen LogP contribution in [-0.2, 0) is 22.7 Å². The minimum absolute atomic E-state index is 0.162. The molecule has 0 spiro atoms. The van der Waals surface area contributed by atoms with Gasteiger partial charge in [-0.1, -0.05) is 24.3 Å². The third-order valence-electron chi connectivity index (χ3n) is 4.06. The highest BCUT2D eigenvalue weighted by molar-refractivity contribution is 5.75. The van der Waals surface area contributed by atoms with Gasteiger partial charge in [-0.25, -0.2) is 0 Å². The number of hydrogen-bond acceptors (Lipinski definition) is 3. The fraction of sp³-hybridized carbons (Fsp3) is 0.588. The van der Waals surface area contributed by atoms with Gasteiger partial charge in [0.1, 0.15) is 0 Å². The van der Waals surface area contributed by atoms with Gasteiger partial charge in [0.2, 0.25) is 5.91 Å². The molecule has 0 aliphatic carbocycles. The van der Waals surface area contributed by atoms with Gasteiger partial charge in [0.25, 0.3) is 0 Å². The molecule has 1 aromatic carbocycles. The van der Waals surface area contributed by atoms with E-state index in [0.717, 1.165) is 30.6 Å². The van der Waals surface area contributed by atoms with E-state index in [1.165, 1.54) is 12.8 Å². The summed E-state index contributed by atoms with van der Waals surface area (Å²) in [4.78, 5) is 11.9. The molecule has 1 fully saturated rings. The fourth-order valence-corrected chi connectivity index (χ4v) is 2.71. The van der Waals surface area contributed by atoms with Crippen LogP contribution in [0.1, 0.15) is 36.8 Å². The first-order valence-electron chi connectivity index (χ1n) is 7.82. The molecule has 4 nitrogen and oxygen atoms in total. The van der Waals surface area contributed by atoms with Crippen molar-refractivity contribution >= 4 is 5.91 Å². The van der Waals surface area contributed by atoms with E-state index in [9.17, 15) is 4.79 Å². The maximum Gasteiger partial charge on any atom is 0.220 e. The molecule has 0 radical (unpaired) electrons. The lowest BCUT2D eigenvalue weighted by Crippen LogP contribution is -2.29. The Labute approximate surface area is 127 Å². The highest BCUT2D eigenvalue weighted by Gasteiger charge is 2.14. The third kappa shape index (κ3) is 5.86. The lowest BCUT2D eigenvalue weighted by atomic mass is 9.93. The van der Waals surface area contributed by atoms with Crippen LogP contribution in [0.5, 0.6) is 0 Å². The van der Waals surface area contributed by atoms with E-state index in [1.807, 2.05) is 24.3 Å². The summed E-state index contributed by atoms with van der Waals surface area (Å²) in [5.74, 6) is 0.875. The molecule has 1 amide bonds. The molecule has 2 N–H and O–H groups in total. The standard InChI is InChI=1S/C17H26N2O2/c1-21-13-16-4-2-15(3-5-16)12-19-17(20)7-6-14-8-10-18-11-9-14/h2-5,14,18H,6-13H2,1H3,(H,19,20). The Hall–Kier alpha value is -1.39. The maximum absolute atomic E-state index is 11.9. The number of hydrogen-bond donors (Lipinski definition) is 2. The molecule has 116 valence electrons. The second-order valence-electron chi connectivity index (χ2n) is 5.76. The van der Waals surface area contributed by atoms with E-state index in [-0.39, 0.29) is 5.91 Å². The molecule has 0 saturated carbocycles. The van der Waals surface area contributed by atoms with Crippen molar-refractivity contribution < 1.29 is 9.53 Å². The van der Waals surface area contributed by atoms with Gasteiger partial charge in [0.15, 0.2) is 0 Å². The van der Waals surface area contributed by atoms with Gasteiger partial charge in [0.05, 0.1) is 6.61 Å². The Morgan fingerprint density at radius 2 is 1.90 bits per heavy atom. The highest BCUT2D eigenvalue weighted by atomic mass is 16.5. The Kier molecular flexibility index (Phi) is 6.70. The molecule has 1 aromatic rings. The summed E-state index contributed by atoms with van der Waals surface area (Å²) < 4.78 is 5.08. The number of carbonyl (C=O) groups is 1. The van der Waals surface area contributed by atoms with Gasteiger partial charge < -0.3 is 15.4 Å². The first-order chi connectivity index (χ1) is 10.3. The molecule has 1 saturated heterocycles. The lowest BCUT2D eigenvalue weighted by molar-refractivity contribution is -0.121. The van der Waals surface area contributed by atoms with Crippen LogP contribution in [0.3, 0.4) is 0 Å². The summed E-state index contributed by atoms with van der Waals surface area (Å²) in [6, 6.07) is 8.17. The minimum atomic E-state index is 0.162. The number of benzene rings is 1. The largest absolute Gasteiger partial charge is 0.380 e. The maximum atomic E-state index is 11.9. The van der Waals surface area contributed by atoms with Crippen molar-refractivity contribution in [1.82, 2.24) is 10.6 Å². The first-order valence-corrected chi connectivity index (χ1v) is 7.82. The Morgan fingerprint density at radius 3 is 2.57 bits per heavy atom. The molecule has 1 aliphatic rings. The van der Waals surface area contributed by atoms with Gasteiger partial charge in [-0.2, -0.15) is 0 Å². The molecule has 0 unspecified atom stereocenters. The average Bonchev–Trinajstić information content (AvgIpc) is 2.53. The van der Waals surface area contributed by atoms with Crippen LogP contribution in [-0.4, -0.2) is 26.1 Å². The summed E-state index contributed by atoms with van der Waals surface area (Å²) in [5, 5.41) is 6.36. The van der Waals surface area contributed by atoms with Gasteiger partial charge in [-0.15, -0.1) is 0 Å². The number of piperidine rings is 1. The number of amides is 1. The van der Waals surface area contributed by atoms with Crippen molar-refractivity contribution in [2.24, 2.45) is 5.92 Å². The average molecular weight is 290 g/mol. The van der Waals surface area contributed by atoms with Gasteiger partial charge in [0, 0.05) is 20.1 Å². The van der Waals surface area contributed by atoms with E-state index in [1.54, 1.807) is 7.11 Å². The zero-order valence-corrected chi connectivity index (χ0v) is 12.9. The fourth-order valence-electron chi connectivity index (χ4n) is 2.71. The lowest BCUT2D eigenvalue weighted by Gasteiger charge is -2.22. The SMILES string of the molecule is COCc1ccc(CNC(=O)CCC2CCNCC2)cc1. The summed E-state index contributed by atoms with van der Waals surface area (Å²) in [5.41, 5.74) is 2.28. The molecule has 2 rings (SSSR count). The summed E-state index contributed by atoms with van der Waals surface area (Å²) >= 11 is 0. The van der Waals surface area contributed by atoms with Crippen LogP contribution < -0.4 is 10.6 Å². The van der Waals surface area contributed by atoms with Crippen LogP contribution in [0.4, 0.5) is 0 Å². The summed E-state index contributed by atoms with van der Waals surface area (Å²) in [6.45, 7) is 3.43. The van der Waals surface area contributed by atoms with Crippen LogP contribution in [0.25, 0.3) is 0 Å². The van der Waals surface area contributed by atoms with E-state index < -0.39 is 0 Å². The molecular weight excluding hydrogens is 264 g/mol. The van der Waals surface area contributed by atoms with Crippen LogP contribution in [0.2, 0.25) is 0 Å². The molecule has 0 aromatic heterocycles. The van der Waals surface area contributed by atoms with E-state index >= 15 is 0 Å². The Bertz CT molecular complexity index is 425. The van der Waals surface area contributed by atoms with Gasteiger partial charge in [-0.05, 0) is 49.4 Å². The van der Waals surface area contributed by atoms with Gasteiger partial charge in [-0.3, -0.25) is 4.79 Å². The quantitative estimate of drug-likeness (QED) is 0.809. The third-order valence-corrected chi connectivity index (χ3v) is 4.06. The van der Waals surface area contributed by atoms with Crippen molar-refractivity contribution in [2.45, 2.75) is 38.8 Å². The summed E-state index contributed by atoms with van der Waals surface area (Å²) in [7, 11) is 1.69. The van der Waals surface area contributed by atoms with Crippen LogP contribution >= 0.6 is 0 Å². The minimum Gasteiger partial charge on any atom is -0.380 e. The van der Waals surface area contributed by atoms with Crippen molar-refractivity contribution in [1.29, 1.82) is 0 Å². The highest BCUT2D eigenvalue weighted by Crippen LogP contribution is 2.17. The molecule has 0 bridgehead atoms. The number of methoxy groups -OCH3 is 1. The predicted molar refractivity (Wildman–Crippen MR) is 83.8 cm³/mol. The first kappa shape index (κ1) is 16.0. The van der Waals surface area contributed by atoms with E-state index in [0.29, 0.717) is 25.5 Å². The van der Waals surface area contributed by atoms with E-state index in [2.05, 4.69) is 10.6 Å². The molecule has 0 atom stereocenters. The number of ether oxygens (including phenoxy) is 1. The smallest absolute Gasteiger partial charge is 0.220 e. The van der Waals surface area contributed by atoms with Crippen LogP contribution in [0, 0.1) is 5.92 Å². The van der Waals surface area contributed by atoms with Crippen molar-refractivity contribution in [3.8, 4) is 0 Å². The zero-order valence-electron chi connectivity index (χ0n) is 12.9.